The van der Waals surface area contributed by atoms with Crippen molar-refractivity contribution in [2.24, 2.45) is 0 Å². The number of sulfonamides is 1. The molecule has 0 unspecified atom stereocenters. The Morgan fingerprint density at radius 1 is 1.00 bits per heavy atom. The predicted molar refractivity (Wildman–Crippen MR) is 141 cm³/mol. The second kappa shape index (κ2) is 11.6. The van der Waals surface area contributed by atoms with Crippen LogP contribution in [0.2, 0.25) is 5.02 Å². The minimum absolute atomic E-state index is 0.101. The number of nitrogens with zero attached hydrogens (tertiary/aromatic N) is 1. The Morgan fingerprint density at radius 3 is 2.37 bits per heavy atom. The van der Waals surface area contributed by atoms with Crippen LogP contribution in [0, 0.1) is 13.8 Å². The number of amides is 1. The number of halogens is 1. The van der Waals surface area contributed by atoms with Gasteiger partial charge in [-0.1, -0.05) is 67.4 Å². The Hall–Kier alpha value is -3.03. The largest absolute Gasteiger partial charge is 0.491 e. The van der Waals surface area contributed by atoms with Crippen molar-refractivity contribution in [3.05, 3.63) is 88.4 Å². The van der Waals surface area contributed by atoms with E-state index in [4.69, 9.17) is 16.3 Å². The van der Waals surface area contributed by atoms with Crippen LogP contribution in [0.3, 0.4) is 0 Å². The fourth-order valence-electron chi connectivity index (χ4n) is 3.63. The Bertz CT molecular complexity index is 1270. The summed E-state index contributed by atoms with van der Waals surface area (Å²) in [6, 6.07) is 19.3. The molecule has 0 bridgehead atoms. The average Bonchev–Trinajstić information content (AvgIpc) is 2.82. The van der Waals surface area contributed by atoms with Crippen molar-refractivity contribution in [3.63, 3.8) is 0 Å². The molecule has 0 aromatic heterocycles. The van der Waals surface area contributed by atoms with Gasteiger partial charge in [-0.3, -0.25) is 9.10 Å². The van der Waals surface area contributed by atoms with Gasteiger partial charge >= 0.3 is 0 Å². The number of benzene rings is 3. The van der Waals surface area contributed by atoms with Crippen LogP contribution in [-0.4, -0.2) is 34.0 Å². The van der Waals surface area contributed by atoms with Crippen LogP contribution in [-0.2, 0) is 14.8 Å². The molecule has 0 aliphatic heterocycles. The number of carbonyl (C=O) groups is 1. The highest BCUT2D eigenvalue weighted by Crippen LogP contribution is 2.31. The molecule has 0 aliphatic rings. The quantitative estimate of drug-likeness (QED) is 0.364. The summed E-state index contributed by atoms with van der Waals surface area (Å²) in [5, 5.41) is 3.19. The van der Waals surface area contributed by atoms with Gasteiger partial charge in [-0.25, -0.2) is 8.42 Å². The minimum Gasteiger partial charge on any atom is -0.491 e. The molecule has 1 amide bonds. The third-order valence-electron chi connectivity index (χ3n) is 5.63. The standard InChI is InChI=1S/C27H31ClN2O4S/c1-19(2)23-8-5-6-11-26(23)34-17-16-29-27(31)18-30(25-10-7-9-24(28)21(25)4)35(32,33)22-14-12-20(3)13-15-22/h5-15,19H,16-18H2,1-4H3,(H,29,31). The molecule has 6 nitrogen and oxygen atoms in total. The summed E-state index contributed by atoms with van der Waals surface area (Å²) >= 11 is 6.27. The number of anilines is 1. The molecule has 0 saturated carbocycles. The van der Waals surface area contributed by atoms with E-state index in [0.717, 1.165) is 21.2 Å². The number of aryl methyl sites for hydroxylation is 1. The summed E-state index contributed by atoms with van der Waals surface area (Å²) in [5.41, 5.74) is 2.96. The third kappa shape index (κ3) is 6.55. The van der Waals surface area contributed by atoms with Crippen LogP contribution in [0.1, 0.15) is 36.5 Å². The van der Waals surface area contributed by atoms with E-state index in [1.165, 1.54) is 12.1 Å². The molecule has 186 valence electrons. The first kappa shape index (κ1) is 26.6. The van der Waals surface area contributed by atoms with E-state index in [1.54, 1.807) is 37.3 Å². The van der Waals surface area contributed by atoms with Crippen LogP contribution in [0.15, 0.2) is 71.6 Å². The summed E-state index contributed by atoms with van der Waals surface area (Å²) in [6.45, 7) is 7.89. The van der Waals surface area contributed by atoms with Gasteiger partial charge in [0, 0.05) is 5.02 Å². The molecule has 3 aromatic carbocycles. The fraction of sp³-hybridized carbons (Fsp3) is 0.296. The maximum absolute atomic E-state index is 13.5. The van der Waals surface area contributed by atoms with E-state index in [-0.39, 0.29) is 24.6 Å². The monoisotopic (exact) mass is 514 g/mol. The van der Waals surface area contributed by atoms with E-state index in [0.29, 0.717) is 22.2 Å². The first-order chi connectivity index (χ1) is 16.6. The highest BCUT2D eigenvalue weighted by Gasteiger charge is 2.28. The van der Waals surface area contributed by atoms with Crippen molar-refractivity contribution in [1.82, 2.24) is 5.32 Å². The molecule has 0 saturated heterocycles. The Morgan fingerprint density at radius 2 is 1.69 bits per heavy atom. The van der Waals surface area contributed by atoms with Crippen LogP contribution in [0.25, 0.3) is 0 Å². The lowest BCUT2D eigenvalue weighted by Gasteiger charge is -2.26. The number of hydrogen-bond acceptors (Lipinski definition) is 4. The van der Waals surface area contributed by atoms with Gasteiger partial charge in [-0.05, 0) is 61.2 Å². The summed E-state index contributed by atoms with van der Waals surface area (Å²) in [4.78, 5) is 12.9. The van der Waals surface area contributed by atoms with Crippen molar-refractivity contribution >= 4 is 33.2 Å². The lowest BCUT2D eigenvalue weighted by Crippen LogP contribution is -2.42. The van der Waals surface area contributed by atoms with Gasteiger partial charge in [0.1, 0.15) is 18.9 Å². The van der Waals surface area contributed by atoms with Gasteiger partial charge in [0.15, 0.2) is 0 Å². The van der Waals surface area contributed by atoms with Crippen molar-refractivity contribution in [2.75, 3.05) is 24.0 Å². The number of carbonyl (C=O) groups excluding carboxylic acids is 1. The van der Waals surface area contributed by atoms with Crippen LogP contribution in [0.5, 0.6) is 5.75 Å². The number of ether oxygens (including phenoxy) is 1. The molecule has 35 heavy (non-hydrogen) atoms. The second-order valence-electron chi connectivity index (χ2n) is 8.60. The van der Waals surface area contributed by atoms with Crippen molar-refractivity contribution in [2.45, 2.75) is 38.5 Å². The maximum Gasteiger partial charge on any atom is 0.264 e. The zero-order chi connectivity index (χ0) is 25.6. The topological polar surface area (TPSA) is 75.7 Å². The van der Waals surface area contributed by atoms with Crippen molar-refractivity contribution in [3.8, 4) is 5.75 Å². The molecule has 0 spiro atoms. The van der Waals surface area contributed by atoms with E-state index in [1.807, 2.05) is 31.2 Å². The SMILES string of the molecule is Cc1ccc(S(=O)(=O)N(CC(=O)NCCOc2ccccc2C(C)C)c2cccc(Cl)c2C)cc1. The number of nitrogens with one attached hydrogen (secondary N) is 1. The summed E-state index contributed by atoms with van der Waals surface area (Å²) < 4.78 is 34.0. The first-order valence-electron chi connectivity index (χ1n) is 11.4. The normalized spacial score (nSPS) is 11.4. The maximum atomic E-state index is 13.5. The Labute approximate surface area is 212 Å². The molecule has 1 N–H and O–H groups in total. The summed E-state index contributed by atoms with van der Waals surface area (Å²) in [5.74, 6) is 0.637. The number of rotatable bonds is 10. The van der Waals surface area contributed by atoms with Gasteiger partial charge in [-0.15, -0.1) is 0 Å². The third-order valence-corrected chi connectivity index (χ3v) is 7.81. The Balaban J connectivity index is 1.75. The average molecular weight is 515 g/mol. The zero-order valence-corrected chi connectivity index (χ0v) is 22.0. The van der Waals surface area contributed by atoms with Gasteiger partial charge in [0.05, 0.1) is 17.1 Å². The molecule has 8 heteroatoms. The summed E-state index contributed by atoms with van der Waals surface area (Å²) in [7, 11) is -4.01. The molecule has 0 heterocycles. The van der Waals surface area contributed by atoms with Crippen LogP contribution in [0.4, 0.5) is 5.69 Å². The van der Waals surface area contributed by atoms with Crippen molar-refractivity contribution in [1.29, 1.82) is 0 Å². The molecular formula is C27H31ClN2O4S. The number of hydrogen-bond donors (Lipinski definition) is 1. The zero-order valence-electron chi connectivity index (χ0n) is 20.4. The summed E-state index contributed by atoms with van der Waals surface area (Å²) in [6.07, 6.45) is 0. The van der Waals surface area contributed by atoms with Gasteiger partial charge in [0.2, 0.25) is 5.91 Å². The molecule has 0 fully saturated rings. The van der Waals surface area contributed by atoms with Gasteiger partial charge in [-0.2, -0.15) is 0 Å². The molecule has 0 radical (unpaired) electrons. The smallest absolute Gasteiger partial charge is 0.264 e. The molecule has 0 aliphatic carbocycles. The van der Waals surface area contributed by atoms with E-state index >= 15 is 0 Å². The highest BCUT2D eigenvalue weighted by atomic mass is 35.5. The molecule has 3 aromatic rings. The molecule has 0 atom stereocenters. The lowest BCUT2D eigenvalue weighted by molar-refractivity contribution is -0.119. The number of para-hydroxylation sites is 1. The van der Waals surface area contributed by atoms with Crippen LogP contribution >= 0.6 is 11.6 Å². The first-order valence-corrected chi connectivity index (χ1v) is 13.3. The lowest BCUT2D eigenvalue weighted by atomic mass is 10.0. The van der Waals surface area contributed by atoms with E-state index in [2.05, 4.69) is 19.2 Å². The van der Waals surface area contributed by atoms with Gasteiger partial charge in [0.25, 0.3) is 10.0 Å². The molecule has 3 rings (SSSR count). The van der Waals surface area contributed by atoms with Gasteiger partial charge < -0.3 is 10.1 Å². The van der Waals surface area contributed by atoms with E-state index in [9.17, 15) is 13.2 Å². The predicted octanol–water partition coefficient (Wildman–Crippen LogP) is 5.47. The van der Waals surface area contributed by atoms with Crippen LogP contribution < -0.4 is 14.4 Å². The fourth-order valence-corrected chi connectivity index (χ4v) is 5.28. The molecular weight excluding hydrogens is 484 g/mol. The highest BCUT2D eigenvalue weighted by molar-refractivity contribution is 7.92. The van der Waals surface area contributed by atoms with Crippen molar-refractivity contribution < 1.29 is 17.9 Å². The van der Waals surface area contributed by atoms with E-state index < -0.39 is 15.9 Å². The Kier molecular flexibility index (Phi) is 8.81. The minimum atomic E-state index is -4.01. The second-order valence-corrected chi connectivity index (χ2v) is 10.9.